The van der Waals surface area contributed by atoms with Gasteiger partial charge < -0.3 is 4.74 Å². The number of hydrogen-bond acceptors (Lipinski definition) is 4. The van der Waals surface area contributed by atoms with E-state index in [2.05, 4.69) is 0 Å². The van der Waals surface area contributed by atoms with Crippen LogP contribution >= 0.6 is 0 Å². The molecule has 1 aromatic carbocycles. The number of ether oxygens (including phenoxy) is 1. The first-order chi connectivity index (χ1) is 9.13. The van der Waals surface area contributed by atoms with Crippen LogP contribution in [0.15, 0.2) is 24.3 Å². The molecule has 0 N–H and O–H groups in total. The Morgan fingerprint density at radius 3 is 2.26 bits per heavy atom. The van der Waals surface area contributed by atoms with E-state index in [4.69, 9.17) is 4.74 Å². The van der Waals surface area contributed by atoms with E-state index in [-0.39, 0.29) is 11.6 Å². The minimum atomic E-state index is -0.648. The van der Waals surface area contributed by atoms with Gasteiger partial charge in [0.25, 0.3) is 0 Å². The molecule has 19 heavy (non-hydrogen) atoms. The molecule has 1 aliphatic rings. The van der Waals surface area contributed by atoms with E-state index in [0.29, 0.717) is 37.0 Å². The zero-order valence-corrected chi connectivity index (χ0v) is 10.8. The second-order valence-electron chi connectivity index (χ2n) is 4.56. The van der Waals surface area contributed by atoms with Gasteiger partial charge in [0.15, 0.2) is 0 Å². The highest BCUT2D eigenvalue weighted by Crippen LogP contribution is 2.27. The normalized spacial score (nSPS) is 16.5. The standard InChI is InChI=1S/C15H16O4/c1-2-19-15(18)11-8-6-10(7-9-11)14-12(16)4-3-5-13(14)17/h6-9,14H,2-5H2,1H3. The van der Waals surface area contributed by atoms with Gasteiger partial charge in [-0.05, 0) is 31.0 Å². The smallest absolute Gasteiger partial charge is 0.338 e. The molecule has 0 bridgehead atoms. The lowest BCUT2D eigenvalue weighted by atomic mass is 9.82. The summed E-state index contributed by atoms with van der Waals surface area (Å²) in [5.41, 5.74) is 1.10. The largest absolute Gasteiger partial charge is 0.462 e. The predicted octanol–water partition coefficient (Wildman–Crippen LogP) is 2.27. The first-order valence-corrected chi connectivity index (χ1v) is 6.46. The van der Waals surface area contributed by atoms with Crippen molar-refractivity contribution in [2.24, 2.45) is 0 Å². The van der Waals surface area contributed by atoms with Gasteiger partial charge in [-0.3, -0.25) is 9.59 Å². The second kappa shape index (κ2) is 5.78. The Kier molecular flexibility index (Phi) is 4.10. The SMILES string of the molecule is CCOC(=O)c1ccc(C2C(=O)CCCC2=O)cc1. The van der Waals surface area contributed by atoms with Crippen LogP contribution in [-0.2, 0) is 14.3 Å². The van der Waals surface area contributed by atoms with Gasteiger partial charge in [-0.1, -0.05) is 12.1 Å². The van der Waals surface area contributed by atoms with Crippen molar-refractivity contribution in [1.82, 2.24) is 0 Å². The summed E-state index contributed by atoms with van der Waals surface area (Å²) in [6, 6.07) is 6.53. The van der Waals surface area contributed by atoms with Crippen molar-refractivity contribution in [3.8, 4) is 0 Å². The Morgan fingerprint density at radius 2 is 1.74 bits per heavy atom. The third-order valence-corrected chi connectivity index (χ3v) is 3.25. The number of benzene rings is 1. The summed E-state index contributed by atoms with van der Waals surface area (Å²) in [4.78, 5) is 35.1. The molecule has 0 atom stereocenters. The van der Waals surface area contributed by atoms with Crippen LogP contribution in [0.25, 0.3) is 0 Å². The van der Waals surface area contributed by atoms with Gasteiger partial charge in [0.2, 0.25) is 0 Å². The number of carbonyl (C=O) groups excluding carboxylic acids is 3. The lowest BCUT2D eigenvalue weighted by molar-refractivity contribution is -0.131. The summed E-state index contributed by atoms with van der Waals surface area (Å²) < 4.78 is 4.88. The van der Waals surface area contributed by atoms with Crippen molar-refractivity contribution in [2.45, 2.75) is 32.1 Å². The molecule has 0 heterocycles. The van der Waals surface area contributed by atoms with Gasteiger partial charge in [-0.15, -0.1) is 0 Å². The van der Waals surface area contributed by atoms with Crippen LogP contribution in [0.1, 0.15) is 48.0 Å². The summed E-state index contributed by atoms with van der Waals surface area (Å²) in [5.74, 6) is -1.10. The van der Waals surface area contributed by atoms with Gasteiger partial charge in [-0.25, -0.2) is 4.79 Å². The first-order valence-electron chi connectivity index (χ1n) is 6.46. The number of ketones is 2. The lowest BCUT2D eigenvalue weighted by Gasteiger charge is -2.19. The summed E-state index contributed by atoms with van der Waals surface area (Å²) in [6.45, 7) is 2.06. The minimum Gasteiger partial charge on any atom is -0.462 e. The molecule has 4 heteroatoms. The lowest BCUT2D eigenvalue weighted by Crippen LogP contribution is -2.26. The van der Waals surface area contributed by atoms with Crippen molar-refractivity contribution < 1.29 is 19.1 Å². The molecule has 0 unspecified atom stereocenters. The van der Waals surface area contributed by atoms with Gasteiger partial charge in [0.1, 0.15) is 17.5 Å². The molecule has 0 saturated heterocycles. The summed E-state index contributed by atoms with van der Waals surface area (Å²) in [7, 11) is 0. The van der Waals surface area contributed by atoms with E-state index in [1.807, 2.05) is 0 Å². The third kappa shape index (κ3) is 2.89. The molecule has 1 aromatic rings. The molecule has 0 aromatic heterocycles. The molecular formula is C15H16O4. The van der Waals surface area contributed by atoms with Crippen LogP contribution in [0.5, 0.6) is 0 Å². The highest BCUT2D eigenvalue weighted by Gasteiger charge is 2.31. The van der Waals surface area contributed by atoms with Crippen LogP contribution in [-0.4, -0.2) is 24.1 Å². The van der Waals surface area contributed by atoms with Crippen LogP contribution < -0.4 is 0 Å². The number of esters is 1. The molecule has 1 saturated carbocycles. The van der Waals surface area contributed by atoms with Crippen molar-refractivity contribution in [3.63, 3.8) is 0 Å². The Bertz CT molecular complexity index is 485. The van der Waals surface area contributed by atoms with E-state index >= 15 is 0 Å². The van der Waals surface area contributed by atoms with Crippen LogP contribution in [0.4, 0.5) is 0 Å². The number of Topliss-reactive ketones (excluding diaryl/α,β-unsaturated/α-hetero) is 2. The van der Waals surface area contributed by atoms with Crippen LogP contribution in [0, 0.1) is 0 Å². The highest BCUT2D eigenvalue weighted by atomic mass is 16.5. The van der Waals surface area contributed by atoms with E-state index in [1.54, 1.807) is 31.2 Å². The van der Waals surface area contributed by atoms with Crippen LogP contribution in [0.2, 0.25) is 0 Å². The third-order valence-electron chi connectivity index (χ3n) is 3.25. The molecule has 2 rings (SSSR count). The van der Waals surface area contributed by atoms with Crippen LogP contribution in [0.3, 0.4) is 0 Å². The zero-order chi connectivity index (χ0) is 13.8. The number of carbonyl (C=O) groups is 3. The Balaban J connectivity index is 2.20. The first kappa shape index (κ1) is 13.5. The Hall–Kier alpha value is -1.97. The van der Waals surface area contributed by atoms with Crippen molar-refractivity contribution >= 4 is 17.5 Å². The maximum atomic E-state index is 11.8. The fraction of sp³-hybridized carbons (Fsp3) is 0.400. The molecule has 4 nitrogen and oxygen atoms in total. The van der Waals surface area contributed by atoms with Crippen molar-refractivity contribution in [3.05, 3.63) is 35.4 Å². The molecule has 1 fully saturated rings. The summed E-state index contributed by atoms with van der Waals surface area (Å²) in [5, 5.41) is 0. The molecule has 0 amide bonds. The molecule has 100 valence electrons. The Labute approximate surface area is 111 Å². The van der Waals surface area contributed by atoms with Gasteiger partial charge >= 0.3 is 5.97 Å². The zero-order valence-electron chi connectivity index (χ0n) is 10.8. The van der Waals surface area contributed by atoms with E-state index in [9.17, 15) is 14.4 Å². The molecular weight excluding hydrogens is 244 g/mol. The predicted molar refractivity (Wildman–Crippen MR) is 69.0 cm³/mol. The number of rotatable bonds is 3. The summed E-state index contributed by atoms with van der Waals surface area (Å²) in [6.07, 6.45) is 1.56. The van der Waals surface area contributed by atoms with E-state index < -0.39 is 11.9 Å². The van der Waals surface area contributed by atoms with E-state index in [1.165, 1.54) is 0 Å². The molecule has 0 radical (unpaired) electrons. The number of hydrogen-bond donors (Lipinski definition) is 0. The molecule has 0 spiro atoms. The van der Waals surface area contributed by atoms with Crippen molar-refractivity contribution in [2.75, 3.05) is 6.61 Å². The topological polar surface area (TPSA) is 60.4 Å². The van der Waals surface area contributed by atoms with Gasteiger partial charge in [0, 0.05) is 12.8 Å². The maximum Gasteiger partial charge on any atom is 0.338 e. The molecule has 1 aliphatic carbocycles. The summed E-state index contributed by atoms with van der Waals surface area (Å²) >= 11 is 0. The van der Waals surface area contributed by atoms with Gasteiger partial charge in [0.05, 0.1) is 12.2 Å². The molecule has 0 aliphatic heterocycles. The Morgan fingerprint density at radius 1 is 1.16 bits per heavy atom. The highest BCUT2D eigenvalue weighted by molar-refractivity contribution is 6.09. The monoisotopic (exact) mass is 260 g/mol. The quantitative estimate of drug-likeness (QED) is 0.618. The van der Waals surface area contributed by atoms with Crippen molar-refractivity contribution in [1.29, 1.82) is 0 Å². The average Bonchev–Trinajstić information content (AvgIpc) is 2.39. The second-order valence-corrected chi connectivity index (χ2v) is 4.56. The fourth-order valence-electron chi connectivity index (χ4n) is 2.30. The fourth-order valence-corrected chi connectivity index (χ4v) is 2.30. The van der Waals surface area contributed by atoms with E-state index in [0.717, 1.165) is 0 Å². The van der Waals surface area contributed by atoms with Gasteiger partial charge in [-0.2, -0.15) is 0 Å². The average molecular weight is 260 g/mol. The maximum absolute atomic E-state index is 11.8. The minimum absolute atomic E-state index is 0.0277.